The molecule has 2 saturated heterocycles. The minimum atomic E-state index is -3.72. The molecular formula is C46H70N6O10S. The summed E-state index contributed by atoms with van der Waals surface area (Å²) in [6.45, 7) is 1.85. The quantitative estimate of drug-likeness (QED) is 0.0716. The summed E-state index contributed by atoms with van der Waals surface area (Å²) in [5.41, 5.74) is 0.792. The van der Waals surface area contributed by atoms with Gasteiger partial charge in [-0.1, -0.05) is 68.9 Å². The van der Waals surface area contributed by atoms with Crippen molar-refractivity contribution in [3.05, 3.63) is 35.9 Å². The largest absolute Gasteiger partial charge is 0.466 e. The number of rotatable bonds is 20. The van der Waals surface area contributed by atoms with Gasteiger partial charge in [0.25, 0.3) is 0 Å². The van der Waals surface area contributed by atoms with Crippen molar-refractivity contribution in [3.8, 4) is 0 Å². The number of piperidine rings is 1. The van der Waals surface area contributed by atoms with Crippen LogP contribution in [-0.2, 0) is 54.7 Å². The van der Waals surface area contributed by atoms with Crippen molar-refractivity contribution in [1.29, 1.82) is 0 Å². The van der Waals surface area contributed by atoms with Crippen LogP contribution < -0.4 is 15.4 Å². The number of hydrogen-bond acceptors (Lipinski definition) is 10. The van der Waals surface area contributed by atoms with E-state index in [9.17, 15) is 37.2 Å². The Bertz CT molecular complexity index is 1810. The van der Waals surface area contributed by atoms with Crippen molar-refractivity contribution < 1.29 is 46.7 Å². The number of esters is 2. The zero-order valence-electron chi connectivity index (χ0n) is 37.2. The van der Waals surface area contributed by atoms with Crippen LogP contribution in [0.25, 0.3) is 0 Å². The Morgan fingerprint density at radius 1 is 0.730 bits per heavy atom. The zero-order valence-corrected chi connectivity index (χ0v) is 38.0. The normalized spacial score (nSPS) is 19.9. The Kier molecular flexibility index (Phi) is 20.3. The van der Waals surface area contributed by atoms with Gasteiger partial charge in [-0.2, -0.15) is 4.99 Å². The summed E-state index contributed by atoms with van der Waals surface area (Å²) >= 11 is 0. The molecule has 4 aliphatic rings. The number of likely N-dealkylation sites (tertiary alicyclic amines) is 2. The summed E-state index contributed by atoms with van der Waals surface area (Å²) in [6, 6.07) is 7.35. The molecule has 0 unspecified atom stereocenters. The van der Waals surface area contributed by atoms with Crippen LogP contribution in [0.1, 0.15) is 134 Å². The van der Waals surface area contributed by atoms with Gasteiger partial charge in [0.05, 0.1) is 19.5 Å². The number of amides is 4. The van der Waals surface area contributed by atoms with Gasteiger partial charge in [-0.05, 0) is 93.9 Å². The number of nitrogens with one attached hydrogen (secondary N) is 3. The first-order valence-electron chi connectivity index (χ1n) is 23.4. The first-order chi connectivity index (χ1) is 30.3. The van der Waals surface area contributed by atoms with E-state index in [0.29, 0.717) is 89.4 Å². The number of hydrogen-bond donors (Lipinski definition) is 3. The highest BCUT2D eigenvalue weighted by Gasteiger charge is 2.38. The number of carbonyl (C=O) groups excluding carboxylic acids is 6. The second kappa shape index (κ2) is 25.8. The lowest BCUT2D eigenvalue weighted by molar-refractivity contribution is -0.146. The Balaban J connectivity index is 1.10. The van der Waals surface area contributed by atoms with Gasteiger partial charge >= 0.3 is 11.9 Å². The minimum Gasteiger partial charge on any atom is -0.466 e. The van der Waals surface area contributed by atoms with Crippen LogP contribution in [0.2, 0.25) is 0 Å². The van der Waals surface area contributed by atoms with Crippen LogP contribution in [0, 0.1) is 17.8 Å². The number of nitrogens with zero attached hydrogens (tertiary/aromatic N) is 3. The van der Waals surface area contributed by atoms with Gasteiger partial charge in [0, 0.05) is 51.9 Å². The summed E-state index contributed by atoms with van der Waals surface area (Å²) in [6.07, 6.45) is 16.2. The van der Waals surface area contributed by atoms with Gasteiger partial charge in [-0.15, -0.1) is 0 Å². The predicted octanol–water partition coefficient (Wildman–Crippen LogP) is 4.55. The Morgan fingerprint density at radius 2 is 1.32 bits per heavy atom. The maximum absolute atomic E-state index is 13.7. The zero-order chi connectivity index (χ0) is 45.0. The first kappa shape index (κ1) is 49.6. The van der Waals surface area contributed by atoms with E-state index >= 15 is 0 Å². The number of carbonyl (C=O) groups is 6. The van der Waals surface area contributed by atoms with E-state index in [2.05, 4.69) is 20.3 Å². The van der Waals surface area contributed by atoms with Crippen LogP contribution in [0.3, 0.4) is 0 Å². The molecule has 350 valence electrons. The molecule has 1 aromatic carbocycles. The summed E-state index contributed by atoms with van der Waals surface area (Å²) in [5, 5.41) is 5.85. The van der Waals surface area contributed by atoms with E-state index < -0.39 is 33.9 Å². The van der Waals surface area contributed by atoms with Gasteiger partial charge in [0.2, 0.25) is 39.6 Å². The molecule has 2 heterocycles. The molecule has 5 rings (SSSR count). The van der Waals surface area contributed by atoms with Crippen LogP contribution in [0.4, 0.5) is 0 Å². The molecule has 4 amide bonds. The van der Waals surface area contributed by atoms with Gasteiger partial charge in [0.15, 0.2) is 0 Å². The highest BCUT2D eigenvalue weighted by atomic mass is 32.2. The summed E-state index contributed by atoms with van der Waals surface area (Å²) in [5.74, 6) is -1.07. The maximum Gasteiger partial charge on any atom is 0.306 e. The fraction of sp³-hybridized carbons (Fsp3) is 0.717. The fourth-order valence-electron chi connectivity index (χ4n) is 9.24. The topological polar surface area (TPSA) is 210 Å². The summed E-state index contributed by atoms with van der Waals surface area (Å²) < 4.78 is 37.8. The average Bonchev–Trinajstić information content (AvgIpc) is 3.76. The average molecular weight is 899 g/mol. The van der Waals surface area contributed by atoms with Crippen molar-refractivity contribution >= 4 is 51.6 Å². The first-order valence-corrected chi connectivity index (χ1v) is 25.3. The molecule has 2 atom stereocenters. The monoisotopic (exact) mass is 898 g/mol. The molecule has 0 aromatic heterocycles. The minimum absolute atomic E-state index is 0.0352. The second-order valence-corrected chi connectivity index (χ2v) is 19.7. The van der Waals surface area contributed by atoms with E-state index in [4.69, 9.17) is 9.47 Å². The molecule has 2 aliphatic heterocycles. The van der Waals surface area contributed by atoms with Crippen molar-refractivity contribution in [3.63, 3.8) is 0 Å². The number of guanidine groups is 1. The predicted molar refractivity (Wildman–Crippen MR) is 237 cm³/mol. The molecule has 16 nitrogen and oxygen atoms in total. The lowest BCUT2D eigenvalue weighted by Crippen LogP contribution is -2.54. The third-order valence-electron chi connectivity index (χ3n) is 12.7. The molecule has 1 aromatic rings. The molecule has 2 saturated carbocycles. The van der Waals surface area contributed by atoms with Crippen molar-refractivity contribution in [2.75, 3.05) is 45.6 Å². The van der Waals surface area contributed by atoms with Crippen LogP contribution in [0.15, 0.2) is 35.3 Å². The Hall–Kier alpha value is -4.38. The molecule has 0 spiro atoms. The fourth-order valence-corrected chi connectivity index (χ4v) is 9.94. The molecule has 2 aliphatic carbocycles. The van der Waals surface area contributed by atoms with E-state index in [1.54, 1.807) is 0 Å². The SMILES string of the molecule is CS(=O)(=O)N[C@H](Cc1ccccc1)C(=O)N1CCC[C@H]1C(=O)NCC1CCN(C(=NC(=O)CCCOC(=O)CC2CCCCC2)NC(=O)CCCOC(=O)CC2CCCCC2)CC1. The van der Waals surface area contributed by atoms with E-state index in [0.717, 1.165) is 63.2 Å². The van der Waals surface area contributed by atoms with Crippen molar-refractivity contribution in [2.24, 2.45) is 22.7 Å². The second-order valence-electron chi connectivity index (χ2n) is 17.9. The van der Waals surface area contributed by atoms with E-state index in [1.165, 1.54) is 17.7 Å². The van der Waals surface area contributed by atoms with E-state index in [-0.39, 0.29) is 68.1 Å². The summed E-state index contributed by atoms with van der Waals surface area (Å²) in [7, 11) is -3.72. The van der Waals surface area contributed by atoms with Crippen LogP contribution in [0.5, 0.6) is 0 Å². The highest BCUT2D eigenvalue weighted by Crippen LogP contribution is 2.28. The maximum atomic E-state index is 13.7. The Morgan fingerprint density at radius 3 is 1.90 bits per heavy atom. The molecule has 0 bridgehead atoms. The van der Waals surface area contributed by atoms with Crippen molar-refractivity contribution in [2.45, 2.75) is 147 Å². The van der Waals surface area contributed by atoms with E-state index in [1.807, 2.05) is 35.2 Å². The van der Waals surface area contributed by atoms with Gasteiger partial charge < -0.3 is 24.6 Å². The molecule has 0 radical (unpaired) electrons. The number of aliphatic imine (C=N–C) groups is 1. The standard InChI is InChI=1S/C46H70N6O10S/c1-63(59,60)50-38(30-34-14-5-2-6-15-34)45(58)52-25-11-20-39(52)44(57)47-33-37-23-26-51(27-24-37)46(48-40(53)21-12-28-61-42(55)31-35-16-7-3-8-17-35)49-41(54)22-13-29-62-43(56)32-36-18-9-4-10-19-36/h2,5-6,14-15,35-39,50H,3-4,7-13,16-33H2,1H3,(H,47,57)(H,48,49,53,54)/t38-,39+/m1/s1. The van der Waals surface area contributed by atoms with Gasteiger partial charge in [0.1, 0.15) is 12.1 Å². The number of ether oxygens (including phenoxy) is 2. The van der Waals surface area contributed by atoms with Gasteiger partial charge in [-0.3, -0.25) is 34.1 Å². The van der Waals surface area contributed by atoms with Crippen LogP contribution >= 0.6 is 0 Å². The van der Waals surface area contributed by atoms with Gasteiger partial charge in [-0.25, -0.2) is 13.1 Å². The van der Waals surface area contributed by atoms with Crippen LogP contribution in [-0.4, -0.2) is 117 Å². The van der Waals surface area contributed by atoms with Crippen molar-refractivity contribution in [1.82, 2.24) is 25.2 Å². The lowest BCUT2D eigenvalue weighted by Gasteiger charge is -2.34. The molecule has 17 heteroatoms. The number of sulfonamides is 1. The number of benzene rings is 1. The third-order valence-corrected chi connectivity index (χ3v) is 13.4. The summed E-state index contributed by atoms with van der Waals surface area (Å²) in [4.78, 5) is 85.9. The molecule has 3 N–H and O–H groups in total. The smallest absolute Gasteiger partial charge is 0.306 e. The molecule has 4 fully saturated rings. The molecule has 63 heavy (non-hydrogen) atoms. The molecular weight excluding hydrogens is 829 g/mol. The highest BCUT2D eigenvalue weighted by molar-refractivity contribution is 7.88. The lowest BCUT2D eigenvalue weighted by atomic mass is 9.87. The third kappa shape index (κ3) is 18.0. The Labute approximate surface area is 373 Å².